The Hall–Kier alpha value is -2.27. The number of nitrogens with zero attached hydrogens (tertiary/aromatic N) is 1. The molecular weight excluding hydrogens is 246 g/mol. The lowest BCUT2D eigenvalue weighted by molar-refractivity contribution is 0.398. The Labute approximate surface area is 119 Å². The molecular formula is C18H17NO. The maximum Gasteiger partial charge on any atom is 0.213 e. The second-order valence-electron chi connectivity index (χ2n) is 5.19. The molecule has 1 aliphatic carbocycles. The van der Waals surface area contributed by atoms with E-state index in [1.807, 2.05) is 13.0 Å². The first kappa shape index (κ1) is 12.7. The van der Waals surface area contributed by atoms with Gasteiger partial charge in [-0.25, -0.2) is 4.98 Å². The van der Waals surface area contributed by atoms with E-state index in [9.17, 15) is 0 Å². The molecule has 0 N–H and O–H groups in total. The van der Waals surface area contributed by atoms with Gasteiger partial charge in [-0.1, -0.05) is 24.0 Å². The summed E-state index contributed by atoms with van der Waals surface area (Å²) in [4.78, 5) is 4.48. The number of rotatable bonds is 2. The zero-order valence-corrected chi connectivity index (χ0v) is 11.8. The van der Waals surface area contributed by atoms with Crippen molar-refractivity contribution in [2.45, 2.75) is 19.8 Å². The zero-order valence-electron chi connectivity index (χ0n) is 11.8. The Balaban J connectivity index is 1.87. The average Bonchev–Trinajstić information content (AvgIpc) is 3.29. The third-order valence-corrected chi connectivity index (χ3v) is 3.33. The fourth-order valence-electron chi connectivity index (χ4n) is 2.03. The van der Waals surface area contributed by atoms with E-state index < -0.39 is 0 Å². The minimum atomic E-state index is 0.636. The van der Waals surface area contributed by atoms with E-state index in [0.29, 0.717) is 11.8 Å². The van der Waals surface area contributed by atoms with Gasteiger partial charge in [-0.15, -0.1) is 0 Å². The Kier molecular flexibility index (Phi) is 3.43. The van der Waals surface area contributed by atoms with Crippen LogP contribution in [0.5, 0.6) is 5.88 Å². The van der Waals surface area contributed by atoms with Gasteiger partial charge in [0.1, 0.15) is 0 Å². The maximum atomic E-state index is 5.22. The first-order valence-electron chi connectivity index (χ1n) is 6.89. The average molecular weight is 263 g/mol. The van der Waals surface area contributed by atoms with Crippen molar-refractivity contribution >= 4 is 0 Å². The van der Waals surface area contributed by atoms with Crippen LogP contribution in [0.3, 0.4) is 0 Å². The molecule has 1 aromatic heterocycles. The molecule has 1 aliphatic rings. The van der Waals surface area contributed by atoms with E-state index in [-0.39, 0.29) is 0 Å². The summed E-state index contributed by atoms with van der Waals surface area (Å²) in [6.07, 6.45) is 2.52. The molecule has 0 atom stereocenters. The van der Waals surface area contributed by atoms with E-state index in [1.165, 1.54) is 12.8 Å². The van der Waals surface area contributed by atoms with Crippen LogP contribution in [0.1, 0.15) is 24.0 Å². The molecule has 3 rings (SSSR count). The summed E-state index contributed by atoms with van der Waals surface area (Å²) in [5.74, 6) is 7.78. The SMILES string of the molecule is COc1cc(C)cc(-c2ccc(C#CC3CC3)cc2)n1. The second-order valence-corrected chi connectivity index (χ2v) is 5.19. The second kappa shape index (κ2) is 5.38. The molecule has 0 saturated heterocycles. The van der Waals surface area contributed by atoms with Gasteiger partial charge in [0.05, 0.1) is 12.8 Å². The summed E-state index contributed by atoms with van der Waals surface area (Å²) >= 11 is 0. The molecule has 0 spiro atoms. The number of pyridine rings is 1. The number of aromatic nitrogens is 1. The quantitative estimate of drug-likeness (QED) is 0.768. The van der Waals surface area contributed by atoms with Crippen molar-refractivity contribution in [1.29, 1.82) is 0 Å². The highest BCUT2D eigenvalue weighted by Crippen LogP contribution is 2.27. The number of ether oxygens (including phenoxy) is 1. The molecule has 0 amide bonds. The number of hydrogen-bond donors (Lipinski definition) is 0. The minimum absolute atomic E-state index is 0.636. The van der Waals surface area contributed by atoms with Gasteiger partial charge in [0.15, 0.2) is 0 Å². The van der Waals surface area contributed by atoms with E-state index in [4.69, 9.17) is 4.74 Å². The zero-order chi connectivity index (χ0) is 13.9. The standard InChI is InChI=1S/C18H17NO/c1-13-11-17(19-18(12-13)20-2)16-9-7-15(8-10-16)6-5-14-3-4-14/h7-12,14H,3-4H2,1-2H3. The highest BCUT2D eigenvalue weighted by molar-refractivity contribution is 5.62. The van der Waals surface area contributed by atoms with Crippen molar-refractivity contribution in [3.63, 3.8) is 0 Å². The molecule has 0 unspecified atom stereocenters. The summed E-state index contributed by atoms with van der Waals surface area (Å²) in [7, 11) is 1.64. The molecule has 20 heavy (non-hydrogen) atoms. The van der Waals surface area contributed by atoms with Crippen LogP contribution in [0.4, 0.5) is 0 Å². The summed E-state index contributed by atoms with van der Waals surface area (Å²) in [6.45, 7) is 2.04. The summed E-state index contributed by atoms with van der Waals surface area (Å²) in [6, 6.07) is 12.2. The predicted octanol–water partition coefficient (Wildman–Crippen LogP) is 3.83. The first-order chi connectivity index (χ1) is 9.74. The van der Waals surface area contributed by atoms with Gasteiger partial charge in [0.25, 0.3) is 0 Å². The van der Waals surface area contributed by atoms with Crippen molar-refractivity contribution in [3.05, 3.63) is 47.5 Å². The fourth-order valence-corrected chi connectivity index (χ4v) is 2.03. The van der Waals surface area contributed by atoms with E-state index >= 15 is 0 Å². The van der Waals surface area contributed by atoms with Gasteiger partial charge in [0.2, 0.25) is 5.88 Å². The maximum absolute atomic E-state index is 5.22. The molecule has 0 aliphatic heterocycles. The number of hydrogen-bond acceptors (Lipinski definition) is 2. The van der Waals surface area contributed by atoms with E-state index in [2.05, 4.69) is 47.2 Å². The van der Waals surface area contributed by atoms with Crippen LogP contribution >= 0.6 is 0 Å². The predicted molar refractivity (Wildman–Crippen MR) is 80.6 cm³/mol. The first-order valence-corrected chi connectivity index (χ1v) is 6.89. The van der Waals surface area contributed by atoms with Crippen LogP contribution < -0.4 is 4.74 Å². The highest BCUT2D eigenvalue weighted by atomic mass is 16.5. The van der Waals surface area contributed by atoms with Crippen LogP contribution in [-0.4, -0.2) is 12.1 Å². The Morgan fingerprint density at radius 3 is 2.55 bits per heavy atom. The number of aryl methyl sites for hydroxylation is 1. The lowest BCUT2D eigenvalue weighted by atomic mass is 10.1. The van der Waals surface area contributed by atoms with Crippen molar-refractivity contribution < 1.29 is 4.74 Å². The molecule has 1 fully saturated rings. The Morgan fingerprint density at radius 2 is 1.90 bits per heavy atom. The van der Waals surface area contributed by atoms with Crippen LogP contribution in [0, 0.1) is 24.7 Å². The third-order valence-electron chi connectivity index (χ3n) is 3.33. The molecule has 0 radical (unpaired) electrons. The summed E-state index contributed by atoms with van der Waals surface area (Å²) in [5.41, 5.74) is 4.23. The number of benzene rings is 1. The molecule has 2 nitrogen and oxygen atoms in total. The van der Waals surface area contributed by atoms with E-state index in [1.54, 1.807) is 7.11 Å². The van der Waals surface area contributed by atoms with Crippen molar-refractivity contribution in [2.24, 2.45) is 5.92 Å². The topological polar surface area (TPSA) is 22.1 Å². The number of methoxy groups -OCH3 is 1. The van der Waals surface area contributed by atoms with Crippen LogP contribution in [0.15, 0.2) is 36.4 Å². The van der Waals surface area contributed by atoms with Gasteiger partial charge >= 0.3 is 0 Å². The smallest absolute Gasteiger partial charge is 0.213 e. The van der Waals surface area contributed by atoms with Crippen LogP contribution in [0.2, 0.25) is 0 Å². The summed E-state index contributed by atoms with van der Waals surface area (Å²) in [5, 5.41) is 0. The highest BCUT2D eigenvalue weighted by Gasteiger charge is 2.17. The molecule has 0 bridgehead atoms. The lowest BCUT2D eigenvalue weighted by Crippen LogP contribution is -1.91. The van der Waals surface area contributed by atoms with Gasteiger partial charge in [0, 0.05) is 23.1 Å². The molecule has 1 heterocycles. The Bertz CT molecular complexity index is 673. The normalized spacial score (nSPS) is 13.5. The van der Waals surface area contributed by atoms with E-state index in [0.717, 1.165) is 22.4 Å². The molecule has 2 aromatic rings. The van der Waals surface area contributed by atoms with Crippen LogP contribution in [0.25, 0.3) is 11.3 Å². The van der Waals surface area contributed by atoms with Gasteiger partial charge < -0.3 is 4.74 Å². The fraction of sp³-hybridized carbons (Fsp3) is 0.278. The lowest BCUT2D eigenvalue weighted by Gasteiger charge is -2.06. The van der Waals surface area contributed by atoms with Crippen molar-refractivity contribution in [1.82, 2.24) is 4.98 Å². The van der Waals surface area contributed by atoms with Gasteiger partial charge in [-0.2, -0.15) is 0 Å². The monoisotopic (exact) mass is 263 g/mol. The molecule has 2 heteroatoms. The minimum Gasteiger partial charge on any atom is -0.481 e. The molecule has 1 saturated carbocycles. The van der Waals surface area contributed by atoms with Gasteiger partial charge in [-0.05, 0) is 43.5 Å². The van der Waals surface area contributed by atoms with Crippen LogP contribution in [-0.2, 0) is 0 Å². The summed E-state index contributed by atoms with van der Waals surface area (Å²) < 4.78 is 5.22. The molecule has 100 valence electrons. The third kappa shape index (κ3) is 3.00. The largest absolute Gasteiger partial charge is 0.481 e. The van der Waals surface area contributed by atoms with Gasteiger partial charge in [-0.3, -0.25) is 0 Å². The molecule has 1 aromatic carbocycles. The van der Waals surface area contributed by atoms with Crippen molar-refractivity contribution in [3.8, 4) is 29.0 Å². The Morgan fingerprint density at radius 1 is 1.15 bits per heavy atom. The van der Waals surface area contributed by atoms with Crippen molar-refractivity contribution in [2.75, 3.05) is 7.11 Å².